The Morgan fingerprint density at radius 1 is 1.37 bits per heavy atom. The molecule has 0 radical (unpaired) electrons. The van der Waals surface area contributed by atoms with Crippen molar-refractivity contribution in [1.82, 2.24) is 4.90 Å². The summed E-state index contributed by atoms with van der Waals surface area (Å²) in [5.41, 5.74) is 7.53. The molecule has 0 aliphatic heterocycles. The van der Waals surface area contributed by atoms with Gasteiger partial charge in [-0.3, -0.25) is 4.79 Å². The molecule has 5 heteroatoms. The van der Waals surface area contributed by atoms with Crippen molar-refractivity contribution in [2.45, 2.75) is 13.3 Å². The summed E-state index contributed by atoms with van der Waals surface area (Å²) in [7, 11) is 5.11. The molecule has 0 heterocycles. The van der Waals surface area contributed by atoms with Crippen molar-refractivity contribution >= 4 is 17.3 Å². The number of nitrogens with two attached hydrogens (primary N) is 1. The Labute approximate surface area is 114 Å². The maximum atomic E-state index is 11.9. The van der Waals surface area contributed by atoms with E-state index in [-0.39, 0.29) is 5.91 Å². The van der Waals surface area contributed by atoms with Gasteiger partial charge in [-0.25, -0.2) is 0 Å². The highest BCUT2D eigenvalue weighted by molar-refractivity contribution is 5.83. The first-order chi connectivity index (χ1) is 8.99. The monoisotopic (exact) mass is 265 g/mol. The van der Waals surface area contributed by atoms with E-state index in [1.54, 1.807) is 32.2 Å². The van der Waals surface area contributed by atoms with E-state index in [0.717, 1.165) is 24.4 Å². The molecule has 0 aliphatic carbocycles. The van der Waals surface area contributed by atoms with Crippen LogP contribution in [0.2, 0.25) is 0 Å². The van der Waals surface area contributed by atoms with E-state index in [1.807, 2.05) is 17.0 Å². The minimum atomic E-state index is 0.0590. The van der Waals surface area contributed by atoms with Gasteiger partial charge in [0.25, 0.3) is 0 Å². The SMILES string of the molecule is CCCN(CC(=O)N(C)C)c1ccc(OC)cc1N. The van der Waals surface area contributed by atoms with Crippen LogP contribution in [-0.4, -0.2) is 45.1 Å². The third-order valence-electron chi connectivity index (χ3n) is 2.89. The van der Waals surface area contributed by atoms with Gasteiger partial charge < -0.3 is 20.3 Å². The molecule has 1 aromatic carbocycles. The second-order valence-corrected chi connectivity index (χ2v) is 4.63. The van der Waals surface area contributed by atoms with Gasteiger partial charge in [-0.2, -0.15) is 0 Å². The van der Waals surface area contributed by atoms with Crippen LogP contribution in [0.25, 0.3) is 0 Å². The van der Waals surface area contributed by atoms with Gasteiger partial charge in [0, 0.05) is 26.7 Å². The molecule has 1 amide bonds. The Kier molecular flexibility index (Phi) is 5.48. The minimum Gasteiger partial charge on any atom is -0.497 e. The van der Waals surface area contributed by atoms with Crippen molar-refractivity contribution in [2.75, 3.05) is 44.9 Å². The molecular formula is C14H23N3O2. The standard InChI is InChI=1S/C14H23N3O2/c1-5-8-17(10-14(18)16(2)3)13-7-6-11(19-4)9-12(13)15/h6-7,9H,5,8,10,15H2,1-4H3. The van der Waals surface area contributed by atoms with Gasteiger partial charge in [-0.05, 0) is 18.6 Å². The average molecular weight is 265 g/mol. The molecule has 0 saturated carbocycles. The van der Waals surface area contributed by atoms with Gasteiger partial charge >= 0.3 is 0 Å². The van der Waals surface area contributed by atoms with Gasteiger partial charge in [-0.15, -0.1) is 0 Å². The zero-order valence-corrected chi connectivity index (χ0v) is 12.1. The molecule has 1 aromatic rings. The fourth-order valence-electron chi connectivity index (χ4n) is 1.81. The van der Waals surface area contributed by atoms with Crippen LogP contribution < -0.4 is 15.4 Å². The van der Waals surface area contributed by atoms with Crippen LogP contribution in [0.4, 0.5) is 11.4 Å². The van der Waals surface area contributed by atoms with Gasteiger partial charge in [-0.1, -0.05) is 6.92 Å². The summed E-state index contributed by atoms with van der Waals surface area (Å²) in [6.07, 6.45) is 0.951. The van der Waals surface area contributed by atoms with E-state index in [4.69, 9.17) is 10.5 Å². The number of amides is 1. The van der Waals surface area contributed by atoms with Gasteiger partial charge in [0.15, 0.2) is 0 Å². The van der Waals surface area contributed by atoms with Crippen LogP contribution in [0, 0.1) is 0 Å². The molecule has 5 nitrogen and oxygen atoms in total. The largest absolute Gasteiger partial charge is 0.497 e. The Hall–Kier alpha value is -1.91. The van der Waals surface area contributed by atoms with E-state index >= 15 is 0 Å². The predicted molar refractivity (Wildman–Crippen MR) is 78.6 cm³/mol. The topological polar surface area (TPSA) is 58.8 Å². The van der Waals surface area contributed by atoms with Gasteiger partial charge in [0.2, 0.25) is 5.91 Å². The van der Waals surface area contributed by atoms with Crippen molar-refractivity contribution in [3.05, 3.63) is 18.2 Å². The lowest BCUT2D eigenvalue weighted by atomic mass is 10.2. The minimum absolute atomic E-state index is 0.0590. The van der Waals surface area contributed by atoms with Crippen LogP contribution in [0.1, 0.15) is 13.3 Å². The van der Waals surface area contributed by atoms with Crippen molar-refractivity contribution in [3.8, 4) is 5.75 Å². The summed E-state index contributed by atoms with van der Waals surface area (Å²) in [6, 6.07) is 5.53. The second-order valence-electron chi connectivity index (χ2n) is 4.63. The van der Waals surface area contributed by atoms with E-state index in [0.29, 0.717) is 12.2 Å². The van der Waals surface area contributed by atoms with Crippen LogP contribution >= 0.6 is 0 Å². The van der Waals surface area contributed by atoms with E-state index < -0.39 is 0 Å². The Morgan fingerprint density at radius 3 is 2.53 bits per heavy atom. The first kappa shape index (κ1) is 15.1. The first-order valence-corrected chi connectivity index (χ1v) is 6.38. The van der Waals surface area contributed by atoms with Crippen LogP contribution in [0.3, 0.4) is 0 Å². The number of nitrogen functional groups attached to an aromatic ring is 1. The lowest BCUT2D eigenvalue weighted by Crippen LogP contribution is -2.37. The smallest absolute Gasteiger partial charge is 0.241 e. The molecule has 0 aromatic heterocycles. The molecule has 0 fully saturated rings. The number of methoxy groups -OCH3 is 1. The molecule has 0 spiro atoms. The van der Waals surface area contributed by atoms with Crippen molar-refractivity contribution in [2.24, 2.45) is 0 Å². The van der Waals surface area contributed by atoms with Crippen molar-refractivity contribution in [1.29, 1.82) is 0 Å². The molecule has 0 aliphatic rings. The van der Waals surface area contributed by atoms with E-state index in [1.165, 1.54) is 0 Å². The molecule has 2 N–H and O–H groups in total. The van der Waals surface area contributed by atoms with E-state index in [9.17, 15) is 4.79 Å². The summed E-state index contributed by atoms with van der Waals surface area (Å²) in [6.45, 7) is 3.19. The quantitative estimate of drug-likeness (QED) is 0.793. The normalized spacial score (nSPS) is 10.1. The predicted octanol–water partition coefficient (Wildman–Crippen LogP) is 1.58. The van der Waals surface area contributed by atoms with Crippen molar-refractivity contribution in [3.63, 3.8) is 0 Å². The second kappa shape index (κ2) is 6.87. The third-order valence-corrected chi connectivity index (χ3v) is 2.89. The molecule has 0 unspecified atom stereocenters. The molecule has 19 heavy (non-hydrogen) atoms. The number of anilines is 2. The first-order valence-electron chi connectivity index (χ1n) is 6.38. The number of carbonyl (C=O) groups is 1. The zero-order chi connectivity index (χ0) is 14.4. The summed E-state index contributed by atoms with van der Waals surface area (Å²) < 4.78 is 5.14. The number of rotatable bonds is 6. The molecular weight excluding hydrogens is 242 g/mol. The fourth-order valence-corrected chi connectivity index (χ4v) is 1.81. The summed E-state index contributed by atoms with van der Waals surface area (Å²) in [5.74, 6) is 0.778. The van der Waals surface area contributed by atoms with Crippen LogP contribution in [-0.2, 0) is 4.79 Å². The number of hydrogen-bond acceptors (Lipinski definition) is 4. The molecule has 106 valence electrons. The Bertz CT molecular complexity index is 433. The number of likely N-dealkylation sites (N-methyl/N-ethyl adjacent to an activating group) is 1. The number of benzene rings is 1. The number of carbonyl (C=O) groups excluding carboxylic acids is 1. The number of hydrogen-bond donors (Lipinski definition) is 1. The Morgan fingerprint density at radius 2 is 2.05 bits per heavy atom. The highest BCUT2D eigenvalue weighted by Crippen LogP contribution is 2.27. The Balaban J connectivity index is 2.95. The lowest BCUT2D eigenvalue weighted by molar-refractivity contribution is -0.127. The van der Waals surface area contributed by atoms with Gasteiger partial charge in [0.1, 0.15) is 5.75 Å². The molecule has 0 atom stereocenters. The fraction of sp³-hybridized carbons (Fsp3) is 0.500. The maximum absolute atomic E-state index is 11.9. The van der Waals surface area contributed by atoms with Gasteiger partial charge in [0.05, 0.1) is 25.0 Å². The highest BCUT2D eigenvalue weighted by atomic mass is 16.5. The molecule has 0 saturated heterocycles. The molecule has 1 rings (SSSR count). The zero-order valence-electron chi connectivity index (χ0n) is 12.1. The lowest BCUT2D eigenvalue weighted by Gasteiger charge is -2.26. The van der Waals surface area contributed by atoms with Crippen LogP contribution in [0.5, 0.6) is 5.75 Å². The maximum Gasteiger partial charge on any atom is 0.241 e. The average Bonchev–Trinajstić information content (AvgIpc) is 2.37. The number of nitrogens with zero attached hydrogens (tertiary/aromatic N) is 2. The summed E-state index contributed by atoms with van der Waals surface area (Å²) >= 11 is 0. The van der Waals surface area contributed by atoms with Crippen molar-refractivity contribution < 1.29 is 9.53 Å². The number of ether oxygens (including phenoxy) is 1. The van der Waals surface area contributed by atoms with Crippen LogP contribution in [0.15, 0.2) is 18.2 Å². The van der Waals surface area contributed by atoms with E-state index in [2.05, 4.69) is 6.92 Å². The highest BCUT2D eigenvalue weighted by Gasteiger charge is 2.15. The summed E-state index contributed by atoms with van der Waals surface area (Å²) in [5, 5.41) is 0. The summed E-state index contributed by atoms with van der Waals surface area (Å²) in [4.78, 5) is 15.4. The molecule has 0 bridgehead atoms. The third kappa shape index (κ3) is 4.05.